The molecule has 72 valence electrons. The quantitative estimate of drug-likeness (QED) is 0.472. The van der Waals surface area contributed by atoms with Crippen molar-refractivity contribution in [2.75, 3.05) is 0 Å². The maximum absolute atomic E-state index is 11.5. The summed E-state index contributed by atoms with van der Waals surface area (Å²) in [6.45, 7) is 0. The van der Waals surface area contributed by atoms with Crippen LogP contribution >= 0.6 is 32.3 Å². The molecule has 2 nitrogen and oxygen atoms in total. The van der Waals surface area contributed by atoms with Crippen molar-refractivity contribution >= 4 is 32.3 Å². The van der Waals surface area contributed by atoms with E-state index in [1.165, 1.54) is 10.3 Å². The first-order valence-electron chi connectivity index (χ1n) is 3.82. The van der Waals surface area contributed by atoms with Crippen molar-refractivity contribution in [1.29, 1.82) is 0 Å². The largest absolute Gasteiger partial charge is 0.579 e. The fraction of sp³-hybridized carbons (Fsp3) is 0. The fourth-order valence-corrected chi connectivity index (χ4v) is 4.17. The van der Waals surface area contributed by atoms with Gasteiger partial charge in [-0.1, -0.05) is 12.2 Å². The van der Waals surface area contributed by atoms with Crippen molar-refractivity contribution < 1.29 is 9.66 Å². The Morgan fingerprint density at radius 1 is 1.29 bits per heavy atom. The molecule has 0 aliphatic heterocycles. The lowest BCUT2D eigenvalue weighted by Crippen LogP contribution is -1.72. The van der Waals surface area contributed by atoms with Gasteiger partial charge in [0.2, 0.25) is 0 Å². The summed E-state index contributed by atoms with van der Waals surface area (Å²) in [6, 6.07) is 8.34. The van der Waals surface area contributed by atoms with Crippen LogP contribution in [0, 0.1) is 3.82 Å². The van der Waals surface area contributed by atoms with Gasteiger partial charge in [-0.25, -0.2) is 0 Å². The molecule has 2 rings (SSSR count). The van der Waals surface area contributed by atoms with Gasteiger partial charge in [0.1, 0.15) is 19.9 Å². The Balaban J connectivity index is 2.54. The molecule has 0 saturated carbocycles. The average Bonchev–Trinajstić information content (AvgIpc) is 2.47. The Labute approximate surface area is 92.3 Å². The third kappa shape index (κ3) is 1.85. The van der Waals surface area contributed by atoms with Crippen LogP contribution in [-0.4, -0.2) is 9.66 Å². The number of phenols is 1. The molecular formula is C9H6O2S3. The van der Waals surface area contributed by atoms with Crippen LogP contribution in [0.25, 0.3) is 10.4 Å². The van der Waals surface area contributed by atoms with Crippen LogP contribution in [0.15, 0.2) is 30.3 Å². The minimum Gasteiger partial charge on any atom is -0.579 e. The van der Waals surface area contributed by atoms with Crippen molar-refractivity contribution in [3.8, 4) is 16.2 Å². The Bertz CT molecular complexity index is 496. The first-order valence-corrected chi connectivity index (χ1v) is 6.71. The predicted octanol–water partition coefficient (Wildman–Crippen LogP) is 3.58. The van der Waals surface area contributed by atoms with Gasteiger partial charge >= 0.3 is 0 Å². The zero-order valence-electron chi connectivity index (χ0n) is 6.97. The lowest BCUT2D eigenvalue weighted by atomic mass is 10.2. The molecule has 1 unspecified atom stereocenters. The molecule has 1 aromatic heterocycles. The van der Waals surface area contributed by atoms with Crippen molar-refractivity contribution in [2.45, 2.75) is 0 Å². The molecule has 1 atom stereocenters. The Morgan fingerprint density at radius 2 is 1.93 bits per heavy atom. The Kier molecular flexibility index (Phi) is 2.64. The highest BCUT2D eigenvalue weighted by Gasteiger charge is 2.10. The van der Waals surface area contributed by atoms with Gasteiger partial charge in [-0.2, -0.15) is 0 Å². The van der Waals surface area contributed by atoms with Crippen LogP contribution in [0.4, 0.5) is 0 Å². The molecule has 0 amide bonds. The van der Waals surface area contributed by atoms with Crippen molar-refractivity contribution in [2.24, 2.45) is 0 Å². The maximum Gasteiger partial charge on any atom is 0.194 e. The number of aromatic hydroxyl groups is 1. The zero-order chi connectivity index (χ0) is 10.1. The van der Waals surface area contributed by atoms with Gasteiger partial charge in [-0.05, 0) is 24.3 Å². The summed E-state index contributed by atoms with van der Waals surface area (Å²) in [5, 5.41) is 9.09. The molecule has 1 aromatic carbocycles. The summed E-state index contributed by atoms with van der Waals surface area (Å²) in [4.78, 5) is 0.722. The van der Waals surface area contributed by atoms with E-state index in [1.54, 1.807) is 30.3 Å². The molecule has 1 heterocycles. The van der Waals surface area contributed by atoms with Crippen LogP contribution in [0.1, 0.15) is 0 Å². The molecule has 0 bridgehead atoms. The topological polar surface area (TPSA) is 43.3 Å². The van der Waals surface area contributed by atoms with E-state index in [0.717, 1.165) is 10.4 Å². The van der Waals surface area contributed by atoms with Crippen LogP contribution in [0.5, 0.6) is 5.75 Å². The summed E-state index contributed by atoms with van der Waals surface area (Å²) in [5.74, 6) is 0.202. The van der Waals surface area contributed by atoms with Gasteiger partial charge in [0.25, 0.3) is 0 Å². The highest BCUT2D eigenvalue weighted by Crippen LogP contribution is 2.37. The van der Waals surface area contributed by atoms with Crippen molar-refractivity contribution in [1.82, 2.24) is 0 Å². The number of phenolic OH excluding ortho intramolecular Hbond substituents is 1. The van der Waals surface area contributed by atoms with Crippen LogP contribution < -0.4 is 0 Å². The lowest BCUT2D eigenvalue weighted by Gasteiger charge is -1.96. The monoisotopic (exact) mass is 242 g/mol. The number of rotatable bonds is 1. The molecular weight excluding hydrogens is 236 g/mol. The minimum absolute atomic E-state index is 0.202. The summed E-state index contributed by atoms with van der Waals surface area (Å²) in [5.41, 5.74) is 0.841. The summed E-state index contributed by atoms with van der Waals surface area (Å²) in [6.07, 6.45) is 0. The summed E-state index contributed by atoms with van der Waals surface area (Å²) < 4.78 is 12.2. The van der Waals surface area contributed by atoms with E-state index in [4.69, 9.17) is 17.3 Å². The van der Waals surface area contributed by atoms with Crippen LogP contribution in [0.3, 0.4) is 0 Å². The second-order valence-electron chi connectivity index (χ2n) is 2.69. The van der Waals surface area contributed by atoms with Gasteiger partial charge in [0.05, 0.1) is 0 Å². The highest BCUT2D eigenvalue weighted by atomic mass is 32.9. The Hall–Kier alpha value is -0.750. The van der Waals surface area contributed by atoms with E-state index in [0.29, 0.717) is 3.82 Å². The van der Waals surface area contributed by atoms with Gasteiger partial charge < -0.3 is 9.66 Å². The number of hydrogen-bond acceptors (Lipinski definition) is 4. The van der Waals surface area contributed by atoms with Crippen molar-refractivity contribution in [3.05, 3.63) is 34.2 Å². The predicted molar refractivity (Wildman–Crippen MR) is 60.9 cm³/mol. The molecule has 14 heavy (non-hydrogen) atoms. The van der Waals surface area contributed by atoms with Crippen LogP contribution in [-0.2, 0) is 0 Å². The van der Waals surface area contributed by atoms with Gasteiger partial charge in [-0.15, -0.1) is 0 Å². The van der Waals surface area contributed by atoms with E-state index in [1.807, 2.05) is 0 Å². The second-order valence-corrected chi connectivity index (χ2v) is 6.31. The average molecular weight is 242 g/mol. The van der Waals surface area contributed by atoms with Gasteiger partial charge in [0.15, 0.2) is 4.88 Å². The number of benzene rings is 1. The van der Waals surface area contributed by atoms with Gasteiger partial charge in [0, 0.05) is 21.4 Å². The third-order valence-electron chi connectivity index (χ3n) is 1.74. The fourth-order valence-electron chi connectivity index (χ4n) is 1.10. The molecule has 0 radical (unpaired) electrons. The standard InChI is InChI=1S/C9H6O2S3/c10-7-3-1-6(2-4-7)8-5-9(12)13-14(8)11/h1-5,10H. The summed E-state index contributed by atoms with van der Waals surface area (Å²) >= 11 is 4.94. The third-order valence-corrected chi connectivity index (χ3v) is 5.10. The van der Waals surface area contributed by atoms with Crippen LogP contribution in [0.2, 0.25) is 0 Å². The normalized spacial score (nSPS) is 11.6. The molecule has 2 aromatic rings. The molecule has 0 saturated heterocycles. The lowest BCUT2D eigenvalue weighted by molar-refractivity contribution is 0.475. The van der Waals surface area contributed by atoms with Crippen molar-refractivity contribution in [3.63, 3.8) is 0 Å². The van der Waals surface area contributed by atoms with E-state index in [2.05, 4.69) is 0 Å². The number of hydrogen-bond donors (Lipinski definition) is 1. The SMILES string of the molecule is [O-][s+]1sc(=S)cc1-c1ccc(O)cc1. The summed E-state index contributed by atoms with van der Waals surface area (Å²) in [7, 11) is 0.0828. The minimum atomic E-state index is -1.09. The van der Waals surface area contributed by atoms with E-state index in [-0.39, 0.29) is 5.75 Å². The first kappa shape index (κ1) is 9.79. The molecule has 1 N–H and O–H groups in total. The molecule has 0 spiro atoms. The molecule has 5 heteroatoms. The van der Waals surface area contributed by atoms with E-state index < -0.39 is 9.75 Å². The second kappa shape index (κ2) is 3.78. The van der Waals surface area contributed by atoms with Gasteiger partial charge in [-0.3, -0.25) is 0 Å². The van der Waals surface area contributed by atoms with E-state index in [9.17, 15) is 4.55 Å². The zero-order valence-corrected chi connectivity index (χ0v) is 9.42. The first-order chi connectivity index (χ1) is 6.66. The smallest absolute Gasteiger partial charge is 0.194 e. The molecule has 0 aliphatic carbocycles. The highest BCUT2D eigenvalue weighted by molar-refractivity contribution is 7.83. The Morgan fingerprint density at radius 3 is 2.43 bits per heavy atom. The van der Waals surface area contributed by atoms with E-state index >= 15 is 0 Å². The molecule has 0 fully saturated rings. The maximum atomic E-state index is 11.5. The molecule has 0 aliphatic rings.